The average Bonchev–Trinajstić information content (AvgIpc) is 3.35. The van der Waals surface area contributed by atoms with Crippen molar-refractivity contribution >= 4 is 22.4 Å². The third-order valence-electron chi connectivity index (χ3n) is 4.40. The van der Waals surface area contributed by atoms with E-state index in [0.717, 1.165) is 34.4 Å². The minimum Gasteiger partial charge on any atom is -0.419 e. The summed E-state index contributed by atoms with van der Waals surface area (Å²) in [6.07, 6.45) is 0.447. The molecule has 2 N–H and O–H groups in total. The SMILES string of the molecule is Cc1nc(N2CCOCC2)sc1-c1nnc(Cc2ccc(C(=O)NO)cc2)o1. The summed E-state index contributed by atoms with van der Waals surface area (Å²) < 4.78 is 11.2. The van der Waals surface area contributed by atoms with Gasteiger partial charge < -0.3 is 14.1 Å². The molecule has 3 aromatic rings. The summed E-state index contributed by atoms with van der Waals surface area (Å²) in [4.78, 5) is 19.1. The molecule has 0 aliphatic carbocycles. The lowest BCUT2D eigenvalue weighted by Crippen LogP contribution is -2.36. The van der Waals surface area contributed by atoms with Gasteiger partial charge in [-0.25, -0.2) is 10.5 Å². The van der Waals surface area contributed by atoms with Gasteiger partial charge in [0.25, 0.3) is 11.8 Å². The zero-order valence-corrected chi connectivity index (χ0v) is 16.0. The Morgan fingerprint density at radius 3 is 2.71 bits per heavy atom. The lowest BCUT2D eigenvalue weighted by molar-refractivity contribution is 0.0706. The van der Waals surface area contributed by atoms with Crippen LogP contribution in [0.3, 0.4) is 0 Å². The van der Waals surface area contributed by atoms with Crippen LogP contribution in [-0.4, -0.2) is 52.6 Å². The van der Waals surface area contributed by atoms with Gasteiger partial charge in [0.05, 0.1) is 25.3 Å². The number of amides is 1. The molecule has 0 radical (unpaired) electrons. The predicted molar refractivity (Wildman–Crippen MR) is 102 cm³/mol. The maximum atomic E-state index is 11.4. The summed E-state index contributed by atoms with van der Waals surface area (Å²) in [6.45, 7) is 5.00. The van der Waals surface area contributed by atoms with Crippen LogP contribution in [0.2, 0.25) is 0 Å². The summed E-state index contributed by atoms with van der Waals surface area (Å²) in [6, 6.07) is 6.81. The number of thiazole rings is 1. The minimum absolute atomic E-state index is 0.369. The van der Waals surface area contributed by atoms with Crippen molar-refractivity contribution in [3.63, 3.8) is 0 Å². The molecule has 28 heavy (non-hydrogen) atoms. The highest BCUT2D eigenvalue weighted by Crippen LogP contribution is 2.34. The molecule has 2 aromatic heterocycles. The van der Waals surface area contributed by atoms with Crippen LogP contribution in [0.1, 0.15) is 27.5 Å². The first-order valence-electron chi connectivity index (χ1n) is 8.80. The van der Waals surface area contributed by atoms with E-state index in [0.29, 0.717) is 37.0 Å². The molecule has 1 aliphatic rings. The number of morpholine rings is 1. The van der Waals surface area contributed by atoms with E-state index in [1.165, 1.54) is 0 Å². The quantitative estimate of drug-likeness (QED) is 0.493. The maximum absolute atomic E-state index is 11.4. The first kappa shape index (κ1) is 18.5. The Kier molecular flexibility index (Phi) is 5.33. The molecular weight excluding hydrogens is 382 g/mol. The molecule has 0 saturated carbocycles. The van der Waals surface area contributed by atoms with Crippen molar-refractivity contribution in [2.24, 2.45) is 0 Å². The molecule has 0 bridgehead atoms. The fourth-order valence-electron chi connectivity index (χ4n) is 2.90. The number of nitrogens with one attached hydrogen (secondary N) is 1. The molecule has 1 aliphatic heterocycles. The number of aromatic nitrogens is 3. The van der Waals surface area contributed by atoms with Crippen molar-refractivity contribution in [1.82, 2.24) is 20.7 Å². The third kappa shape index (κ3) is 3.88. The highest BCUT2D eigenvalue weighted by atomic mass is 32.1. The molecule has 0 unspecified atom stereocenters. The number of aryl methyl sites for hydroxylation is 1. The second-order valence-corrected chi connectivity index (χ2v) is 7.30. The molecule has 4 rings (SSSR count). The van der Waals surface area contributed by atoms with Gasteiger partial charge >= 0.3 is 0 Å². The summed E-state index contributed by atoms with van der Waals surface area (Å²) >= 11 is 1.54. The highest BCUT2D eigenvalue weighted by molar-refractivity contribution is 7.19. The normalized spacial score (nSPS) is 14.3. The molecule has 1 amide bonds. The Hall–Kier alpha value is -2.82. The van der Waals surface area contributed by atoms with Gasteiger partial charge in [0.2, 0.25) is 5.89 Å². The summed E-state index contributed by atoms with van der Waals surface area (Å²) in [5, 5.41) is 17.9. The van der Waals surface area contributed by atoms with E-state index in [4.69, 9.17) is 14.4 Å². The van der Waals surface area contributed by atoms with Crippen LogP contribution in [0, 0.1) is 6.92 Å². The molecule has 1 saturated heterocycles. The van der Waals surface area contributed by atoms with Gasteiger partial charge in [-0.05, 0) is 24.6 Å². The van der Waals surface area contributed by atoms with Gasteiger partial charge in [-0.2, -0.15) is 0 Å². The van der Waals surface area contributed by atoms with E-state index in [-0.39, 0.29) is 0 Å². The fourth-order valence-corrected chi connectivity index (χ4v) is 3.94. The van der Waals surface area contributed by atoms with Crippen LogP contribution in [0.5, 0.6) is 0 Å². The smallest absolute Gasteiger partial charge is 0.274 e. The van der Waals surface area contributed by atoms with Crippen molar-refractivity contribution in [3.8, 4) is 10.8 Å². The zero-order chi connectivity index (χ0) is 19.5. The van der Waals surface area contributed by atoms with E-state index in [2.05, 4.69) is 20.1 Å². The second kappa shape index (κ2) is 8.05. The van der Waals surface area contributed by atoms with Gasteiger partial charge in [0.15, 0.2) is 5.13 Å². The molecule has 3 heterocycles. The van der Waals surface area contributed by atoms with Gasteiger partial charge in [-0.15, -0.1) is 10.2 Å². The summed E-state index contributed by atoms with van der Waals surface area (Å²) in [7, 11) is 0. The lowest BCUT2D eigenvalue weighted by Gasteiger charge is -2.25. The van der Waals surface area contributed by atoms with E-state index in [1.807, 2.05) is 6.92 Å². The zero-order valence-electron chi connectivity index (χ0n) is 15.2. The van der Waals surface area contributed by atoms with Crippen LogP contribution in [-0.2, 0) is 11.2 Å². The second-order valence-electron chi connectivity index (χ2n) is 6.33. The number of benzene rings is 1. The molecule has 0 atom stereocenters. The summed E-state index contributed by atoms with van der Waals surface area (Å²) in [5.74, 6) is 0.388. The average molecular weight is 401 g/mol. The Morgan fingerprint density at radius 1 is 1.25 bits per heavy atom. The number of nitrogens with zero attached hydrogens (tertiary/aromatic N) is 4. The van der Waals surface area contributed by atoms with Gasteiger partial charge in [0.1, 0.15) is 4.88 Å². The van der Waals surface area contributed by atoms with E-state index < -0.39 is 5.91 Å². The van der Waals surface area contributed by atoms with E-state index >= 15 is 0 Å². The standard InChI is InChI=1S/C18H19N5O4S/c1-11-15(28-18(19-11)23-6-8-26-9-7-23)17-21-20-14(27-17)10-12-2-4-13(5-3-12)16(24)22-25/h2-5,25H,6-10H2,1H3,(H,22,24). The molecule has 146 valence electrons. The molecule has 10 heteroatoms. The molecule has 0 spiro atoms. The number of hydroxylamine groups is 1. The Bertz CT molecular complexity index is 963. The van der Waals surface area contributed by atoms with Crippen LogP contribution in [0.15, 0.2) is 28.7 Å². The van der Waals surface area contributed by atoms with Crippen molar-refractivity contribution in [1.29, 1.82) is 0 Å². The summed E-state index contributed by atoms with van der Waals surface area (Å²) in [5.41, 5.74) is 3.76. The van der Waals surface area contributed by atoms with Gasteiger partial charge in [-0.1, -0.05) is 23.5 Å². The number of carbonyl (C=O) groups is 1. The van der Waals surface area contributed by atoms with Crippen molar-refractivity contribution in [3.05, 3.63) is 47.0 Å². The number of ether oxygens (including phenoxy) is 1. The molecule has 9 nitrogen and oxygen atoms in total. The number of hydrogen-bond donors (Lipinski definition) is 2. The number of hydrogen-bond acceptors (Lipinski definition) is 9. The van der Waals surface area contributed by atoms with Gasteiger partial charge in [-0.3, -0.25) is 10.0 Å². The van der Waals surface area contributed by atoms with E-state index in [9.17, 15) is 4.79 Å². The molecule has 1 aromatic carbocycles. The van der Waals surface area contributed by atoms with Gasteiger partial charge in [0, 0.05) is 18.7 Å². The minimum atomic E-state index is -0.552. The molecule has 1 fully saturated rings. The number of anilines is 1. The Balaban J connectivity index is 1.48. The maximum Gasteiger partial charge on any atom is 0.274 e. The monoisotopic (exact) mass is 401 g/mol. The third-order valence-corrected chi connectivity index (χ3v) is 5.61. The Morgan fingerprint density at radius 2 is 2.00 bits per heavy atom. The topological polar surface area (TPSA) is 114 Å². The van der Waals surface area contributed by atoms with Crippen LogP contribution in [0.4, 0.5) is 5.13 Å². The fraction of sp³-hybridized carbons (Fsp3) is 0.333. The van der Waals surface area contributed by atoms with Crippen LogP contribution >= 0.6 is 11.3 Å². The number of rotatable bonds is 5. The van der Waals surface area contributed by atoms with Crippen molar-refractivity contribution < 1.29 is 19.2 Å². The Labute approximate surface area is 164 Å². The largest absolute Gasteiger partial charge is 0.419 e. The number of carbonyl (C=O) groups excluding carboxylic acids is 1. The lowest BCUT2D eigenvalue weighted by atomic mass is 10.1. The van der Waals surface area contributed by atoms with Crippen molar-refractivity contribution in [2.75, 3.05) is 31.2 Å². The van der Waals surface area contributed by atoms with Crippen molar-refractivity contribution in [2.45, 2.75) is 13.3 Å². The highest BCUT2D eigenvalue weighted by Gasteiger charge is 2.21. The van der Waals surface area contributed by atoms with Crippen LogP contribution in [0.25, 0.3) is 10.8 Å². The first-order chi connectivity index (χ1) is 13.6. The van der Waals surface area contributed by atoms with Crippen LogP contribution < -0.4 is 10.4 Å². The predicted octanol–water partition coefficient (Wildman–Crippen LogP) is 2.05. The first-order valence-corrected chi connectivity index (χ1v) is 9.62. The van der Waals surface area contributed by atoms with E-state index in [1.54, 1.807) is 41.1 Å². The molecular formula is C18H19N5O4S.